The van der Waals surface area contributed by atoms with Crippen LogP contribution in [0.1, 0.15) is 37.2 Å². The average Bonchev–Trinajstić information content (AvgIpc) is 2.48. The third-order valence-corrected chi connectivity index (χ3v) is 3.20. The molecule has 2 rings (SSSR count). The van der Waals surface area contributed by atoms with Crippen molar-refractivity contribution in [1.29, 1.82) is 0 Å². The Morgan fingerprint density at radius 1 is 1.05 bits per heavy atom. The molecular weight excluding hydrogens is 269 g/mol. The molecule has 0 aliphatic carbocycles. The number of hydrogen-bond acceptors (Lipinski definition) is 2. The first-order chi connectivity index (χ1) is 10.1. The summed E-state index contributed by atoms with van der Waals surface area (Å²) in [6.45, 7) is 3.71. The third-order valence-electron chi connectivity index (χ3n) is 3.20. The summed E-state index contributed by atoms with van der Waals surface area (Å²) in [5, 5.41) is 5.64. The van der Waals surface area contributed by atoms with Crippen LogP contribution in [0.4, 0.5) is 9.18 Å². The second-order valence-electron chi connectivity index (χ2n) is 4.87. The van der Waals surface area contributed by atoms with Crippen molar-refractivity contribution in [3.8, 4) is 0 Å². The molecule has 1 aromatic heterocycles. The van der Waals surface area contributed by atoms with Crippen LogP contribution >= 0.6 is 0 Å². The van der Waals surface area contributed by atoms with Gasteiger partial charge in [-0.15, -0.1) is 0 Å². The summed E-state index contributed by atoms with van der Waals surface area (Å²) in [7, 11) is 0. The van der Waals surface area contributed by atoms with Gasteiger partial charge >= 0.3 is 6.03 Å². The maximum Gasteiger partial charge on any atom is 0.315 e. The molecule has 0 fully saturated rings. The summed E-state index contributed by atoms with van der Waals surface area (Å²) in [5.74, 6) is -0.292. The highest BCUT2D eigenvalue weighted by Gasteiger charge is 2.13. The first kappa shape index (κ1) is 15.0. The predicted octanol–water partition coefficient (Wildman–Crippen LogP) is 3.34. The van der Waals surface area contributed by atoms with Crippen LogP contribution in [0.3, 0.4) is 0 Å². The van der Waals surface area contributed by atoms with Crippen molar-refractivity contribution in [3.63, 3.8) is 0 Å². The number of amides is 2. The summed E-state index contributed by atoms with van der Waals surface area (Å²) in [5.41, 5.74) is 1.64. The molecule has 4 nitrogen and oxygen atoms in total. The number of nitrogens with one attached hydrogen (secondary N) is 2. The number of carbonyl (C=O) groups excluding carboxylic acids is 1. The molecule has 2 N–H and O–H groups in total. The smallest absolute Gasteiger partial charge is 0.315 e. The normalized spacial score (nSPS) is 13.3. The lowest BCUT2D eigenvalue weighted by Gasteiger charge is -2.18. The molecule has 5 heteroatoms. The summed E-state index contributed by atoms with van der Waals surface area (Å²) in [6.07, 6.45) is 1.69. The molecule has 0 bridgehead atoms. The van der Waals surface area contributed by atoms with E-state index in [0.29, 0.717) is 0 Å². The molecule has 1 heterocycles. The quantitative estimate of drug-likeness (QED) is 0.906. The van der Waals surface area contributed by atoms with Gasteiger partial charge in [0.1, 0.15) is 5.82 Å². The number of nitrogens with zero attached hydrogens (tertiary/aromatic N) is 1. The highest BCUT2D eigenvalue weighted by atomic mass is 19.1. The van der Waals surface area contributed by atoms with Gasteiger partial charge in [-0.1, -0.05) is 18.2 Å². The lowest BCUT2D eigenvalue weighted by molar-refractivity contribution is 0.234. The zero-order chi connectivity index (χ0) is 15.2. The van der Waals surface area contributed by atoms with E-state index >= 15 is 0 Å². The summed E-state index contributed by atoms with van der Waals surface area (Å²) >= 11 is 0. The fourth-order valence-corrected chi connectivity index (χ4v) is 1.98. The van der Waals surface area contributed by atoms with E-state index in [4.69, 9.17) is 0 Å². The van der Waals surface area contributed by atoms with Crippen LogP contribution in [0, 0.1) is 5.82 Å². The van der Waals surface area contributed by atoms with Crippen LogP contribution in [0.5, 0.6) is 0 Å². The number of pyridine rings is 1. The van der Waals surface area contributed by atoms with E-state index in [2.05, 4.69) is 15.6 Å². The second-order valence-corrected chi connectivity index (χ2v) is 4.87. The van der Waals surface area contributed by atoms with Crippen molar-refractivity contribution in [1.82, 2.24) is 15.6 Å². The Balaban J connectivity index is 1.91. The van der Waals surface area contributed by atoms with E-state index in [-0.39, 0.29) is 23.9 Å². The molecule has 2 amide bonds. The van der Waals surface area contributed by atoms with Gasteiger partial charge < -0.3 is 10.6 Å². The molecule has 110 valence electrons. The molecule has 0 aliphatic heterocycles. The topological polar surface area (TPSA) is 54.0 Å². The second kappa shape index (κ2) is 6.83. The van der Waals surface area contributed by atoms with E-state index in [1.165, 1.54) is 12.1 Å². The highest BCUT2D eigenvalue weighted by molar-refractivity contribution is 5.74. The van der Waals surface area contributed by atoms with Gasteiger partial charge in [0.2, 0.25) is 0 Å². The van der Waals surface area contributed by atoms with Gasteiger partial charge in [0.15, 0.2) is 0 Å². The van der Waals surface area contributed by atoms with Crippen LogP contribution in [0.15, 0.2) is 48.7 Å². The molecule has 0 unspecified atom stereocenters. The Morgan fingerprint density at radius 3 is 2.33 bits per heavy atom. The lowest BCUT2D eigenvalue weighted by Crippen LogP contribution is -2.38. The maximum atomic E-state index is 12.9. The average molecular weight is 287 g/mol. The number of rotatable bonds is 4. The Hall–Kier alpha value is -2.43. The number of urea groups is 1. The molecule has 1 aromatic carbocycles. The zero-order valence-electron chi connectivity index (χ0n) is 12.0. The number of hydrogen-bond donors (Lipinski definition) is 2. The van der Waals surface area contributed by atoms with E-state index < -0.39 is 0 Å². The molecule has 2 aromatic rings. The van der Waals surface area contributed by atoms with Crippen molar-refractivity contribution >= 4 is 6.03 Å². The summed E-state index contributed by atoms with van der Waals surface area (Å²) < 4.78 is 12.9. The maximum absolute atomic E-state index is 12.9. The van der Waals surface area contributed by atoms with Crippen molar-refractivity contribution in [2.24, 2.45) is 0 Å². The van der Waals surface area contributed by atoms with E-state index in [1.807, 2.05) is 32.0 Å². The van der Waals surface area contributed by atoms with Crippen molar-refractivity contribution in [2.45, 2.75) is 25.9 Å². The Bertz CT molecular complexity index is 586. The van der Waals surface area contributed by atoms with Gasteiger partial charge in [0.25, 0.3) is 0 Å². The molecular formula is C16H18FN3O. The Kier molecular flexibility index (Phi) is 4.87. The summed E-state index contributed by atoms with van der Waals surface area (Å²) in [6, 6.07) is 10.9. The van der Waals surface area contributed by atoms with Gasteiger partial charge in [-0.2, -0.15) is 0 Å². The molecule has 0 spiro atoms. The predicted molar refractivity (Wildman–Crippen MR) is 79.1 cm³/mol. The number of carbonyl (C=O) groups is 1. The molecule has 0 saturated heterocycles. The molecule has 0 saturated carbocycles. The monoisotopic (exact) mass is 287 g/mol. The summed E-state index contributed by atoms with van der Waals surface area (Å²) in [4.78, 5) is 16.1. The van der Waals surface area contributed by atoms with Gasteiger partial charge in [-0.3, -0.25) is 4.98 Å². The zero-order valence-corrected chi connectivity index (χ0v) is 12.0. The van der Waals surface area contributed by atoms with Crippen LogP contribution in [-0.2, 0) is 0 Å². The standard InChI is InChI=1S/C16H18FN3O/c1-11(13-6-8-14(17)9-7-13)19-16(21)20-12(2)15-5-3-4-10-18-15/h3-12H,1-2H3,(H2,19,20,21)/t11-,12-/m0/s1. The number of halogens is 1. The minimum absolute atomic E-state index is 0.188. The van der Waals surface area contributed by atoms with E-state index in [1.54, 1.807) is 18.3 Å². The number of benzene rings is 1. The molecule has 0 aliphatic rings. The Labute approximate surface area is 123 Å². The van der Waals surface area contributed by atoms with Crippen LogP contribution in [0.25, 0.3) is 0 Å². The fourth-order valence-electron chi connectivity index (χ4n) is 1.98. The van der Waals surface area contributed by atoms with Gasteiger partial charge in [-0.05, 0) is 43.7 Å². The minimum atomic E-state index is -0.292. The van der Waals surface area contributed by atoms with Crippen LogP contribution in [0.2, 0.25) is 0 Å². The third kappa shape index (κ3) is 4.27. The minimum Gasteiger partial charge on any atom is -0.332 e. The van der Waals surface area contributed by atoms with Gasteiger partial charge in [0.05, 0.1) is 17.8 Å². The Morgan fingerprint density at radius 2 is 1.71 bits per heavy atom. The van der Waals surface area contributed by atoms with Crippen molar-refractivity contribution in [3.05, 3.63) is 65.7 Å². The number of aromatic nitrogens is 1. The van der Waals surface area contributed by atoms with Crippen LogP contribution < -0.4 is 10.6 Å². The lowest BCUT2D eigenvalue weighted by atomic mass is 10.1. The molecule has 0 radical (unpaired) electrons. The van der Waals surface area contributed by atoms with E-state index in [9.17, 15) is 9.18 Å². The first-order valence-electron chi connectivity index (χ1n) is 6.79. The van der Waals surface area contributed by atoms with E-state index in [0.717, 1.165) is 11.3 Å². The largest absolute Gasteiger partial charge is 0.332 e. The van der Waals surface area contributed by atoms with Crippen molar-refractivity contribution < 1.29 is 9.18 Å². The molecule has 2 atom stereocenters. The SMILES string of the molecule is C[C@H](NC(=O)N[C@@H](C)c1ccccn1)c1ccc(F)cc1. The van der Waals surface area contributed by atoms with Gasteiger partial charge in [-0.25, -0.2) is 9.18 Å². The first-order valence-corrected chi connectivity index (χ1v) is 6.79. The van der Waals surface area contributed by atoms with Crippen molar-refractivity contribution in [2.75, 3.05) is 0 Å². The highest BCUT2D eigenvalue weighted by Crippen LogP contribution is 2.13. The van der Waals surface area contributed by atoms with Crippen LogP contribution in [-0.4, -0.2) is 11.0 Å². The molecule has 21 heavy (non-hydrogen) atoms. The fraction of sp³-hybridized carbons (Fsp3) is 0.250. The van der Waals surface area contributed by atoms with Gasteiger partial charge in [0, 0.05) is 6.20 Å².